The highest BCUT2D eigenvalue weighted by Gasteiger charge is 2.04. The predicted octanol–water partition coefficient (Wildman–Crippen LogP) is 1.64. The first-order valence-corrected chi connectivity index (χ1v) is 3.59. The summed E-state index contributed by atoms with van der Waals surface area (Å²) in [6.07, 6.45) is 0. The quantitative estimate of drug-likeness (QED) is 0.627. The smallest absolute Gasteiger partial charge is 0.336 e. The summed E-state index contributed by atoms with van der Waals surface area (Å²) in [5, 5.41) is 9.41. The molecule has 1 aromatic heterocycles. The van der Waals surface area contributed by atoms with Crippen molar-refractivity contribution in [3.05, 3.63) is 40.5 Å². The Morgan fingerprint density at radius 3 is 2.85 bits per heavy atom. The largest absolute Gasteiger partial charge is 0.505 e. The molecule has 2 rings (SSSR count). The van der Waals surface area contributed by atoms with Gasteiger partial charge in [-0.15, -0.1) is 0 Å². The molecule has 0 aliphatic heterocycles. The fourth-order valence-electron chi connectivity index (χ4n) is 1.08. The maximum absolute atomic E-state index is 12.8. The zero-order valence-electron chi connectivity index (χ0n) is 6.45. The first kappa shape index (κ1) is 7.79. The normalized spacial score (nSPS) is 10.5. The molecule has 1 N–H and O–H groups in total. The van der Waals surface area contributed by atoms with Crippen LogP contribution < -0.4 is 5.63 Å². The van der Waals surface area contributed by atoms with Crippen molar-refractivity contribution in [1.82, 2.24) is 0 Å². The summed E-state index contributed by atoms with van der Waals surface area (Å²) in [4.78, 5) is 10.7. The number of halogens is 1. The molecule has 66 valence electrons. The molecule has 0 unspecified atom stereocenters. The van der Waals surface area contributed by atoms with Crippen molar-refractivity contribution in [3.63, 3.8) is 0 Å². The third-order valence-electron chi connectivity index (χ3n) is 1.69. The second-order valence-corrected chi connectivity index (χ2v) is 2.60. The van der Waals surface area contributed by atoms with Crippen molar-refractivity contribution >= 4 is 11.0 Å². The minimum Gasteiger partial charge on any atom is -0.505 e. The van der Waals surface area contributed by atoms with Crippen molar-refractivity contribution in [1.29, 1.82) is 0 Å². The molecular weight excluding hydrogens is 175 g/mol. The molecule has 0 radical (unpaired) electrons. The molecule has 0 bridgehead atoms. The van der Waals surface area contributed by atoms with Crippen molar-refractivity contribution in [2.75, 3.05) is 0 Å². The second-order valence-electron chi connectivity index (χ2n) is 2.60. The summed E-state index contributed by atoms with van der Waals surface area (Å²) in [6, 6.07) is 4.81. The summed E-state index contributed by atoms with van der Waals surface area (Å²) >= 11 is 0. The maximum atomic E-state index is 12.8. The van der Waals surface area contributed by atoms with E-state index >= 15 is 0 Å². The van der Waals surface area contributed by atoms with E-state index in [9.17, 15) is 9.18 Å². The lowest BCUT2D eigenvalue weighted by Gasteiger charge is -1.97. The van der Waals surface area contributed by atoms with Gasteiger partial charge in [0.15, 0.2) is 11.6 Å². The second kappa shape index (κ2) is 2.58. The number of rotatable bonds is 0. The molecule has 0 fully saturated rings. The van der Waals surface area contributed by atoms with Crippen LogP contribution in [0.1, 0.15) is 0 Å². The monoisotopic (exact) mass is 180 g/mol. The topological polar surface area (TPSA) is 50.4 Å². The zero-order chi connectivity index (χ0) is 9.42. The molecule has 1 aromatic carbocycles. The summed E-state index contributed by atoms with van der Waals surface area (Å²) in [6.45, 7) is 0. The minimum absolute atomic E-state index is 0.173. The molecule has 4 heteroatoms. The molecular formula is C9H5FO3. The maximum Gasteiger partial charge on any atom is 0.336 e. The highest BCUT2D eigenvalue weighted by molar-refractivity contribution is 5.77. The van der Waals surface area contributed by atoms with Crippen molar-refractivity contribution in [2.45, 2.75) is 0 Å². The summed E-state index contributed by atoms with van der Waals surface area (Å²) in [5.74, 6) is -1.26. The number of fused-ring (bicyclic) bond motifs is 1. The Bertz CT molecular complexity index is 516. The van der Waals surface area contributed by atoms with E-state index in [4.69, 9.17) is 9.52 Å². The Balaban J connectivity index is 2.89. The molecule has 0 saturated heterocycles. The van der Waals surface area contributed by atoms with E-state index in [2.05, 4.69) is 0 Å². The fourth-order valence-corrected chi connectivity index (χ4v) is 1.08. The van der Waals surface area contributed by atoms with E-state index in [1.807, 2.05) is 0 Å². The molecule has 0 aliphatic rings. The molecule has 0 aliphatic carbocycles. The van der Waals surface area contributed by atoms with Gasteiger partial charge in [0.1, 0.15) is 5.58 Å². The van der Waals surface area contributed by atoms with E-state index in [0.29, 0.717) is 5.39 Å². The van der Waals surface area contributed by atoms with Gasteiger partial charge in [-0.3, -0.25) is 0 Å². The lowest BCUT2D eigenvalue weighted by molar-refractivity contribution is 0.431. The Kier molecular flexibility index (Phi) is 1.55. The summed E-state index contributed by atoms with van der Waals surface area (Å²) in [5.41, 5.74) is -0.357. The van der Waals surface area contributed by atoms with Gasteiger partial charge in [0.25, 0.3) is 0 Å². The molecule has 0 amide bonds. The number of benzene rings is 1. The Morgan fingerprint density at radius 1 is 1.31 bits per heavy atom. The first-order chi connectivity index (χ1) is 6.16. The molecule has 0 atom stereocenters. The number of hydrogen-bond donors (Lipinski definition) is 1. The first-order valence-electron chi connectivity index (χ1n) is 3.59. The summed E-state index contributed by atoms with van der Waals surface area (Å²) < 4.78 is 17.5. The van der Waals surface area contributed by atoms with Gasteiger partial charge in [-0.25, -0.2) is 9.18 Å². The van der Waals surface area contributed by atoms with Gasteiger partial charge < -0.3 is 9.52 Å². The van der Waals surface area contributed by atoms with E-state index < -0.39 is 17.2 Å². The van der Waals surface area contributed by atoms with Crippen molar-refractivity contribution in [3.8, 4) is 5.75 Å². The van der Waals surface area contributed by atoms with Crippen LogP contribution >= 0.6 is 0 Å². The van der Waals surface area contributed by atoms with Crippen LogP contribution in [0.3, 0.4) is 0 Å². The number of phenols is 1. The average Bonchev–Trinajstić information content (AvgIpc) is 2.08. The van der Waals surface area contributed by atoms with E-state index in [0.717, 1.165) is 12.1 Å². The number of aromatic hydroxyl groups is 1. The van der Waals surface area contributed by atoms with Gasteiger partial charge in [-0.05, 0) is 12.1 Å². The van der Waals surface area contributed by atoms with Crippen molar-refractivity contribution in [2.24, 2.45) is 0 Å². The zero-order valence-corrected chi connectivity index (χ0v) is 6.45. The standard InChI is InChI=1S/C9H5FO3/c10-6-3-5-1-2-9(12)13-8(5)4-7(6)11/h1-4,11H. The van der Waals surface area contributed by atoms with E-state index in [-0.39, 0.29) is 5.58 Å². The third-order valence-corrected chi connectivity index (χ3v) is 1.69. The van der Waals surface area contributed by atoms with Crippen LogP contribution in [0, 0.1) is 5.82 Å². The van der Waals surface area contributed by atoms with Crippen LogP contribution in [0.2, 0.25) is 0 Å². The van der Waals surface area contributed by atoms with Gasteiger partial charge in [0, 0.05) is 17.5 Å². The minimum atomic E-state index is -0.735. The molecule has 0 saturated carbocycles. The lowest BCUT2D eigenvalue weighted by atomic mass is 10.2. The van der Waals surface area contributed by atoms with Gasteiger partial charge in [0.05, 0.1) is 0 Å². The number of hydrogen-bond acceptors (Lipinski definition) is 3. The molecule has 0 spiro atoms. The van der Waals surface area contributed by atoms with Crippen LogP contribution in [0.4, 0.5) is 4.39 Å². The average molecular weight is 180 g/mol. The fraction of sp³-hybridized carbons (Fsp3) is 0. The molecule has 2 aromatic rings. The van der Waals surface area contributed by atoms with Crippen LogP contribution in [-0.4, -0.2) is 5.11 Å². The van der Waals surface area contributed by atoms with Gasteiger partial charge >= 0.3 is 5.63 Å². The Morgan fingerprint density at radius 2 is 2.08 bits per heavy atom. The Hall–Kier alpha value is -1.84. The lowest BCUT2D eigenvalue weighted by Crippen LogP contribution is -1.94. The van der Waals surface area contributed by atoms with Gasteiger partial charge in [-0.1, -0.05) is 0 Å². The highest BCUT2D eigenvalue weighted by atomic mass is 19.1. The van der Waals surface area contributed by atoms with Crippen LogP contribution in [0.25, 0.3) is 11.0 Å². The predicted molar refractivity (Wildman–Crippen MR) is 44.1 cm³/mol. The highest BCUT2D eigenvalue weighted by Crippen LogP contribution is 2.21. The van der Waals surface area contributed by atoms with Crippen LogP contribution in [0.5, 0.6) is 5.75 Å². The van der Waals surface area contributed by atoms with Crippen LogP contribution in [-0.2, 0) is 0 Å². The number of phenolic OH excluding ortho intramolecular Hbond substituents is 1. The van der Waals surface area contributed by atoms with Gasteiger partial charge in [-0.2, -0.15) is 0 Å². The van der Waals surface area contributed by atoms with Crippen LogP contribution in [0.15, 0.2) is 33.5 Å². The molecule has 1 heterocycles. The van der Waals surface area contributed by atoms with Crippen molar-refractivity contribution < 1.29 is 13.9 Å². The molecule has 13 heavy (non-hydrogen) atoms. The van der Waals surface area contributed by atoms with Gasteiger partial charge in [0.2, 0.25) is 0 Å². The SMILES string of the molecule is O=c1ccc2cc(F)c(O)cc2o1. The molecule has 3 nitrogen and oxygen atoms in total. The summed E-state index contributed by atoms with van der Waals surface area (Å²) in [7, 11) is 0. The van der Waals surface area contributed by atoms with E-state index in [1.165, 1.54) is 12.1 Å². The Labute approximate surface area is 72.0 Å². The van der Waals surface area contributed by atoms with E-state index in [1.54, 1.807) is 0 Å². The third kappa shape index (κ3) is 1.26.